The van der Waals surface area contributed by atoms with E-state index >= 15 is 0 Å². The zero-order valence-corrected chi connectivity index (χ0v) is 15.8. The Morgan fingerprint density at radius 2 is 1.33 bits per heavy atom. The first-order valence-electron chi connectivity index (χ1n) is 8.23. The number of fused-ring (bicyclic) bond motifs is 1. The number of nitrogens with zero attached hydrogens (tertiary/aromatic N) is 1. The summed E-state index contributed by atoms with van der Waals surface area (Å²) in [4.78, 5) is 15.1. The molecule has 0 aliphatic carbocycles. The molecule has 0 aromatic heterocycles. The zero-order valence-electron chi connectivity index (χ0n) is 14.3. The van der Waals surface area contributed by atoms with Crippen molar-refractivity contribution in [1.29, 1.82) is 0 Å². The quantitative estimate of drug-likeness (QED) is 0.655. The number of phenols is 2. The molecule has 0 unspecified atom stereocenters. The molecule has 3 aromatic carbocycles. The van der Waals surface area contributed by atoms with Crippen LogP contribution in [0.5, 0.6) is 11.5 Å². The fraction of sp³-hybridized carbons (Fsp3) is 0.0952. The summed E-state index contributed by atoms with van der Waals surface area (Å²) >= 11 is 12.4. The Kier molecular flexibility index (Phi) is 4.06. The van der Waals surface area contributed by atoms with Gasteiger partial charge in [-0.25, -0.2) is 0 Å². The van der Waals surface area contributed by atoms with Gasteiger partial charge >= 0.3 is 0 Å². The summed E-state index contributed by atoms with van der Waals surface area (Å²) in [5.41, 5.74) is 0.410. The molecule has 27 heavy (non-hydrogen) atoms. The Balaban J connectivity index is 2.21. The SMILES string of the molecule is CN1C(=O)C(c2cc(Cl)ccc2O)(c2cc(Cl)ccc2O)c2ccccc21. The maximum Gasteiger partial charge on any atom is 0.246 e. The molecule has 0 spiro atoms. The van der Waals surface area contributed by atoms with Crippen molar-refractivity contribution in [2.75, 3.05) is 11.9 Å². The topological polar surface area (TPSA) is 60.8 Å². The van der Waals surface area contributed by atoms with Crippen LogP contribution in [0.15, 0.2) is 60.7 Å². The highest BCUT2D eigenvalue weighted by molar-refractivity contribution is 6.31. The van der Waals surface area contributed by atoms with E-state index in [0.717, 1.165) is 0 Å². The lowest BCUT2D eigenvalue weighted by Crippen LogP contribution is -2.40. The molecule has 4 rings (SSSR count). The summed E-state index contributed by atoms with van der Waals surface area (Å²) in [6.07, 6.45) is 0. The van der Waals surface area contributed by atoms with Crippen molar-refractivity contribution in [3.05, 3.63) is 87.4 Å². The highest BCUT2D eigenvalue weighted by Crippen LogP contribution is 2.54. The van der Waals surface area contributed by atoms with Crippen molar-refractivity contribution in [2.45, 2.75) is 5.41 Å². The molecule has 0 saturated carbocycles. The van der Waals surface area contributed by atoms with Gasteiger partial charge in [-0.3, -0.25) is 4.79 Å². The van der Waals surface area contributed by atoms with Gasteiger partial charge in [0.1, 0.15) is 16.9 Å². The van der Waals surface area contributed by atoms with Crippen molar-refractivity contribution in [3.8, 4) is 11.5 Å². The zero-order chi connectivity index (χ0) is 19.3. The number of phenolic OH excluding ortho intramolecular Hbond substituents is 2. The van der Waals surface area contributed by atoms with E-state index in [1.165, 1.54) is 17.0 Å². The van der Waals surface area contributed by atoms with Crippen molar-refractivity contribution in [2.24, 2.45) is 0 Å². The number of anilines is 1. The van der Waals surface area contributed by atoms with E-state index in [1.54, 1.807) is 37.4 Å². The number of hydrogen-bond acceptors (Lipinski definition) is 3. The molecule has 0 fully saturated rings. The van der Waals surface area contributed by atoms with Gasteiger partial charge in [0, 0.05) is 39.5 Å². The molecule has 0 radical (unpaired) electrons. The number of benzene rings is 3. The molecule has 1 aliphatic heterocycles. The number of rotatable bonds is 2. The van der Waals surface area contributed by atoms with E-state index in [4.69, 9.17) is 23.2 Å². The number of hydrogen-bond donors (Lipinski definition) is 2. The standard InChI is InChI=1S/C21H15Cl2NO3/c1-24-17-5-3-2-4-14(17)21(20(24)27,15-10-12(22)6-8-18(15)25)16-11-13(23)7-9-19(16)26/h2-11,25-26H,1H3. The fourth-order valence-corrected chi connectivity index (χ4v) is 4.19. The molecular formula is C21H15Cl2NO3. The maximum atomic E-state index is 13.6. The van der Waals surface area contributed by atoms with Crippen LogP contribution in [0.2, 0.25) is 10.0 Å². The lowest BCUT2D eigenvalue weighted by Gasteiger charge is -2.31. The molecule has 1 heterocycles. The third kappa shape index (κ3) is 2.41. The third-order valence-electron chi connectivity index (χ3n) is 5.02. The van der Waals surface area contributed by atoms with Crippen LogP contribution < -0.4 is 4.90 Å². The van der Waals surface area contributed by atoms with Crippen LogP contribution in [-0.4, -0.2) is 23.2 Å². The second kappa shape index (κ2) is 6.19. The first-order chi connectivity index (χ1) is 12.9. The smallest absolute Gasteiger partial charge is 0.246 e. The van der Waals surface area contributed by atoms with Crippen LogP contribution in [0.3, 0.4) is 0 Å². The van der Waals surface area contributed by atoms with Crippen molar-refractivity contribution < 1.29 is 15.0 Å². The lowest BCUT2D eigenvalue weighted by molar-refractivity contribution is -0.120. The normalized spacial score (nSPS) is 15.1. The minimum absolute atomic E-state index is 0.0998. The van der Waals surface area contributed by atoms with Crippen LogP contribution in [0.25, 0.3) is 0 Å². The molecule has 2 N–H and O–H groups in total. The first kappa shape index (κ1) is 17.7. The van der Waals surface area contributed by atoms with Gasteiger partial charge in [0.05, 0.1) is 0 Å². The predicted molar refractivity (Wildman–Crippen MR) is 106 cm³/mol. The number of para-hydroxylation sites is 1. The van der Waals surface area contributed by atoms with Crippen LogP contribution in [0.1, 0.15) is 16.7 Å². The minimum atomic E-state index is -1.48. The van der Waals surface area contributed by atoms with Crippen molar-refractivity contribution >= 4 is 34.8 Å². The Morgan fingerprint density at radius 3 is 1.89 bits per heavy atom. The molecule has 0 atom stereocenters. The molecule has 6 heteroatoms. The van der Waals surface area contributed by atoms with Crippen LogP contribution in [0, 0.1) is 0 Å². The summed E-state index contributed by atoms with van der Waals surface area (Å²) in [6, 6.07) is 16.3. The summed E-state index contributed by atoms with van der Waals surface area (Å²) in [5, 5.41) is 22.1. The Bertz CT molecular complexity index is 1030. The molecule has 0 saturated heterocycles. The lowest BCUT2D eigenvalue weighted by atomic mass is 9.69. The van der Waals surface area contributed by atoms with E-state index in [1.807, 2.05) is 18.2 Å². The average Bonchev–Trinajstić information content (AvgIpc) is 2.88. The van der Waals surface area contributed by atoms with Gasteiger partial charge in [0.25, 0.3) is 0 Å². The van der Waals surface area contributed by atoms with Crippen LogP contribution in [-0.2, 0) is 10.2 Å². The Morgan fingerprint density at radius 1 is 0.815 bits per heavy atom. The van der Waals surface area contributed by atoms with E-state index in [9.17, 15) is 15.0 Å². The minimum Gasteiger partial charge on any atom is -0.508 e. The maximum absolute atomic E-state index is 13.6. The van der Waals surface area contributed by atoms with Crippen LogP contribution in [0.4, 0.5) is 5.69 Å². The van der Waals surface area contributed by atoms with E-state index in [2.05, 4.69) is 0 Å². The van der Waals surface area contributed by atoms with Gasteiger partial charge in [-0.05, 0) is 42.5 Å². The van der Waals surface area contributed by atoms with Crippen molar-refractivity contribution in [1.82, 2.24) is 0 Å². The second-order valence-electron chi connectivity index (χ2n) is 6.45. The molecule has 4 nitrogen and oxygen atoms in total. The number of carbonyl (C=O) groups is 1. The highest BCUT2D eigenvalue weighted by atomic mass is 35.5. The predicted octanol–water partition coefficient (Wildman–Crippen LogP) is 4.72. The van der Waals surface area contributed by atoms with E-state index < -0.39 is 5.41 Å². The molecule has 3 aromatic rings. The number of likely N-dealkylation sites (N-methyl/N-ethyl adjacent to an activating group) is 1. The summed E-state index contributed by atoms with van der Waals surface area (Å²) < 4.78 is 0. The average molecular weight is 400 g/mol. The van der Waals surface area contributed by atoms with E-state index in [0.29, 0.717) is 21.3 Å². The number of carbonyl (C=O) groups excluding carboxylic acids is 1. The number of amides is 1. The molecule has 1 amide bonds. The van der Waals surface area contributed by atoms with Gasteiger partial charge in [-0.2, -0.15) is 0 Å². The molecule has 0 bridgehead atoms. The van der Waals surface area contributed by atoms with Gasteiger partial charge < -0.3 is 15.1 Å². The largest absolute Gasteiger partial charge is 0.508 e. The molecule has 1 aliphatic rings. The molecule has 136 valence electrons. The summed E-state index contributed by atoms with van der Waals surface area (Å²) in [5.74, 6) is -0.520. The Hall–Kier alpha value is -2.69. The highest BCUT2D eigenvalue weighted by Gasteiger charge is 2.54. The fourth-order valence-electron chi connectivity index (χ4n) is 3.84. The summed E-state index contributed by atoms with van der Waals surface area (Å²) in [7, 11) is 1.66. The summed E-state index contributed by atoms with van der Waals surface area (Å²) in [6.45, 7) is 0. The van der Waals surface area contributed by atoms with Gasteiger partial charge in [0.2, 0.25) is 5.91 Å². The molecular weight excluding hydrogens is 385 g/mol. The van der Waals surface area contributed by atoms with Gasteiger partial charge in [-0.1, -0.05) is 41.4 Å². The number of halogens is 2. The van der Waals surface area contributed by atoms with E-state index in [-0.39, 0.29) is 28.5 Å². The van der Waals surface area contributed by atoms with Gasteiger partial charge in [0.15, 0.2) is 0 Å². The second-order valence-corrected chi connectivity index (χ2v) is 7.33. The first-order valence-corrected chi connectivity index (χ1v) is 8.98. The van der Waals surface area contributed by atoms with Crippen LogP contribution >= 0.6 is 23.2 Å². The Labute approximate surface area is 166 Å². The monoisotopic (exact) mass is 399 g/mol. The van der Waals surface area contributed by atoms with Gasteiger partial charge in [-0.15, -0.1) is 0 Å². The van der Waals surface area contributed by atoms with Crippen molar-refractivity contribution in [3.63, 3.8) is 0 Å². The third-order valence-corrected chi connectivity index (χ3v) is 5.49. The number of aromatic hydroxyl groups is 2.